The number of benzene rings is 4. The summed E-state index contributed by atoms with van der Waals surface area (Å²) in [5, 5.41) is 0. The molecule has 0 bridgehead atoms. The second-order valence-electron chi connectivity index (χ2n) is 18.8. The molecule has 4 aromatic carbocycles. The van der Waals surface area contributed by atoms with Crippen molar-refractivity contribution in [2.75, 3.05) is 11.5 Å². The standard InChI is InChI=1S/C59H90N2/c1-4-7-10-13-16-18-20-22-25-28-31-58(53-41-45-55(60)46-42-53)51-37-33-49(34-38-51)57(30-27-24-15-12-9-6-3)50-35-39-52(40-36-50)59(54-43-47-56(61)48-44-54)32-29-26-23-21-19-17-14-11-8-5-2/h33-48,57-59H,4-32,60-61H2,1-3H3. The fourth-order valence-corrected chi connectivity index (χ4v) is 9.76. The van der Waals surface area contributed by atoms with Gasteiger partial charge in [0, 0.05) is 29.1 Å². The maximum Gasteiger partial charge on any atom is 0.0314 e. The van der Waals surface area contributed by atoms with Gasteiger partial charge in [-0.25, -0.2) is 0 Å². The van der Waals surface area contributed by atoms with Crippen molar-refractivity contribution in [1.82, 2.24) is 0 Å². The van der Waals surface area contributed by atoms with E-state index in [0.29, 0.717) is 17.8 Å². The Morgan fingerprint density at radius 1 is 0.246 bits per heavy atom. The van der Waals surface area contributed by atoms with Crippen molar-refractivity contribution in [2.45, 2.75) is 225 Å². The van der Waals surface area contributed by atoms with E-state index in [1.807, 2.05) is 0 Å². The Balaban J connectivity index is 1.46. The molecule has 0 heterocycles. The zero-order valence-electron chi connectivity index (χ0n) is 39.6. The molecule has 2 atom stereocenters. The SMILES string of the molecule is CCCCCCCCCCCCC(c1ccc(N)cc1)c1ccc(C(CCCCCCCC)c2ccc(C(CCCCCCCCCCCC)c3ccc(N)cc3)cc2)cc1. The zero-order chi connectivity index (χ0) is 43.2. The number of anilines is 2. The lowest BCUT2D eigenvalue weighted by molar-refractivity contribution is 0.540. The van der Waals surface area contributed by atoms with Crippen molar-refractivity contribution in [3.8, 4) is 0 Å². The Hall–Kier alpha value is -3.52. The van der Waals surface area contributed by atoms with Gasteiger partial charge < -0.3 is 11.5 Å². The van der Waals surface area contributed by atoms with E-state index in [1.54, 1.807) is 0 Å². The van der Waals surface area contributed by atoms with Gasteiger partial charge in [0.05, 0.1) is 0 Å². The minimum absolute atomic E-state index is 0.404. The molecule has 4 rings (SSSR count). The van der Waals surface area contributed by atoms with Crippen LogP contribution in [0.5, 0.6) is 0 Å². The summed E-state index contributed by atoms with van der Waals surface area (Å²) in [6.45, 7) is 6.92. The van der Waals surface area contributed by atoms with Gasteiger partial charge in [0.15, 0.2) is 0 Å². The fraction of sp³-hybridized carbons (Fsp3) is 0.593. The van der Waals surface area contributed by atoms with Crippen LogP contribution < -0.4 is 11.5 Å². The molecule has 2 nitrogen and oxygen atoms in total. The van der Waals surface area contributed by atoms with E-state index in [1.165, 1.54) is 220 Å². The Morgan fingerprint density at radius 3 is 0.607 bits per heavy atom. The molecule has 61 heavy (non-hydrogen) atoms. The van der Waals surface area contributed by atoms with Gasteiger partial charge in [0.2, 0.25) is 0 Å². The van der Waals surface area contributed by atoms with Gasteiger partial charge in [-0.2, -0.15) is 0 Å². The summed E-state index contributed by atoms with van der Waals surface area (Å²) in [7, 11) is 0. The van der Waals surface area contributed by atoms with E-state index in [-0.39, 0.29) is 0 Å². The molecule has 0 aromatic heterocycles. The van der Waals surface area contributed by atoms with E-state index in [9.17, 15) is 0 Å². The van der Waals surface area contributed by atoms with Crippen LogP contribution in [0.3, 0.4) is 0 Å². The highest BCUT2D eigenvalue weighted by molar-refractivity contribution is 5.45. The monoisotopic (exact) mass is 827 g/mol. The van der Waals surface area contributed by atoms with E-state index in [4.69, 9.17) is 11.5 Å². The molecule has 0 aliphatic heterocycles. The van der Waals surface area contributed by atoms with Crippen molar-refractivity contribution in [3.05, 3.63) is 130 Å². The van der Waals surface area contributed by atoms with Crippen LogP contribution in [0, 0.1) is 0 Å². The number of nitrogens with two attached hydrogens (primary N) is 2. The van der Waals surface area contributed by atoms with Gasteiger partial charge in [-0.05, 0) is 76.9 Å². The molecular formula is C59H90N2. The Kier molecular flexibility index (Phi) is 25.8. The van der Waals surface area contributed by atoms with Gasteiger partial charge >= 0.3 is 0 Å². The van der Waals surface area contributed by atoms with Gasteiger partial charge in [0.25, 0.3) is 0 Å². The van der Waals surface area contributed by atoms with Crippen LogP contribution in [0.2, 0.25) is 0 Å². The van der Waals surface area contributed by atoms with Crippen molar-refractivity contribution < 1.29 is 0 Å². The lowest BCUT2D eigenvalue weighted by Gasteiger charge is -2.23. The molecule has 4 N–H and O–H groups in total. The maximum atomic E-state index is 6.17. The van der Waals surface area contributed by atoms with Gasteiger partial charge in [-0.15, -0.1) is 0 Å². The molecule has 2 unspecified atom stereocenters. The number of unbranched alkanes of at least 4 members (excludes halogenated alkanes) is 23. The quantitative estimate of drug-likeness (QED) is 0.0359. The van der Waals surface area contributed by atoms with Gasteiger partial charge in [-0.1, -0.05) is 261 Å². The predicted molar refractivity (Wildman–Crippen MR) is 271 cm³/mol. The summed E-state index contributed by atoms with van der Waals surface area (Å²) >= 11 is 0. The minimum atomic E-state index is 0.404. The summed E-state index contributed by atoms with van der Waals surface area (Å²) in [6.07, 6.45) is 39.0. The first-order chi connectivity index (χ1) is 30.0. The summed E-state index contributed by atoms with van der Waals surface area (Å²) in [6, 6.07) is 37.1. The predicted octanol–water partition coefficient (Wildman–Crippen LogP) is 18.6. The van der Waals surface area contributed by atoms with E-state index < -0.39 is 0 Å². The molecule has 0 saturated heterocycles. The van der Waals surface area contributed by atoms with E-state index in [2.05, 4.69) is 118 Å². The summed E-state index contributed by atoms with van der Waals surface area (Å²) in [4.78, 5) is 0. The molecule has 0 spiro atoms. The van der Waals surface area contributed by atoms with Crippen LogP contribution >= 0.6 is 0 Å². The highest BCUT2D eigenvalue weighted by Gasteiger charge is 2.20. The highest BCUT2D eigenvalue weighted by atomic mass is 14.5. The summed E-state index contributed by atoms with van der Waals surface area (Å²) in [5.74, 6) is 1.21. The van der Waals surface area contributed by atoms with Crippen LogP contribution in [0.1, 0.15) is 258 Å². The third-order valence-electron chi connectivity index (χ3n) is 13.7. The molecule has 0 amide bonds. The molecule has 4 aromatic rings. The van der Waals surface area contributed by atoms with E-state index in [0.717, 1.165) is 11.4 Å². The zero-order valence-corrected chi connectivity index (χ0v) is 39.6. The molecule has 336 valence electrons. The average Bonchev–Trinajstić information content (AvgIpc) is 3.28. The lowest BCUT2D eigenvalue weighted by Crippen LogP contribution is -2.06. The second kappa shape index (κ2) is 31.3. The maximum absolute atomic E-state index is 6.17. The third kappa shape index (κ3) is 19.6. The first-order valence-electron chi connectivity index (χ1n) is 25.9. The van der Waals surface area contributed by atoms with Gasteiger partial charge in [-0.3, -0.25) is 0 Å². The minimum Gasteiger partial charge on any atom is -0.399 e. The van der Waals surface area contributed by atoms with Crippen molar-refractivity contribution in [1.29, 1.82) is 0 Å². The van der Waals surface area contributed by atoms with E-state index >= 15 is 0 Å². The van der Waals surface area contributed by atoms with Crippen LogP contribution in [0.25, 0.3) is 0 Å². The smallest absolute Gasteiger partial charge is 0.0314 e. The lowest BCUT2D eigenvalue weighted by atomic mass is 9.81. The second-order valence-corrected chi connectivity index (χ2v) is 18.8. The number of rotatable bonds is 35. The fourth-order valence-electron chi connectivity index (χ4n) is 9.76. The van der Waals surface area contributed by atoms with Crippen LogP contribution in [-0.2, 0) is 0 Å². The molecular weight excluding hydrogens is 737 g/mol. The van der Waals surface area contributed by atoms with Crippen LogP contribution in [0.15, 0.2) is 97.1 Å². The molecule has 0 radical (unpaired) electrons. The Morgan fingerprint density at radius 2 is 0.410 bits per heavy atom. The Bertz CT molecular complexity index is 1500. The average molecular weight is 827 g/mol. The van der Waals surface area contributed by atoms with Crippen molar-refractivity contribution >= 4 is 11.4 Å². The molecule has 0 aliphatic carbocycles. The first kappa shape index (κ1) is 50.1. The van der Waals surface area contributed by atoms with Crippen molar-refractivity contribution in [3.63, 3.8) is 0 Å². The molecule has 0 saturated carbocycles. The molecule has 0 aliphatic rings. The third-order valence-corrected chi connectivity index (χ3v) is 13.7. The highest BCUT2D eigenvalue weighted by Crippen LogP contribution is 2.37. The largest absolute Gasteiger partial charge is 0.399 e. The van der Waals surface area contributed by atoms with Crippen LogP contribution in [0.4, 0.5) is 11.4 Å². The molecule has 2 heteroatoms. The Labute approximate surface area is 376 Å². The topological polar surface area (TPSA) is 52.0 Å². The number of nitrogen functional groups attached to an aromatic ring is 2. The van der Waals surface area contributed by atoms with Crippen LogP contribution in [-0.4, -0.2) is 0 Å². The molecule has 0 fully saturated rings. The number of hydrogen-bond donors (Lipinski definition) is 2. The summed E-state index contributed by atoms with van der Waals surface area (Å²) < 4.78 is 0. The van der Waals surface area contributed by atoms with Gasteiger partial charge in [0.1, 0.15) is 0 Å². The first-order valence-corrected chi connectivity index (χ1v) is 25.9. The summed E-state index contributed by atoms with van der Waals surface area (Å²) in [5.41, 5.74) is 22.6. The normalized spacial score (nSPS) is 13.0. The van der Waals surface area contributed by atoms with Crippen molar-refractivity contribution in [2.24, 2.45) is 0 Å². The number of hydrogen-bond acceptors (Lipinski definition) is 2.